The molecule has 0 aromatic heterocycles. The molecule has 3 aromatic carbocycles. The van der Waals surface area contributed by atoms with E-state index in [1.54, 1.807) is 79.9 Å². The molecule has 1 aliphatic heterocycles. The summed E-state index contributed by atoms with van der Waals surface area (Å²) >= 11 is 6.87. The number of methoxy groups -OCH3 is 1. The van der Waals surface area contributed by atoms with Crippen LogP contribution in [0, 0.1) is 0 Å². The van der Waals surface area contributed by atoms with Gasteiger partial charge in [-0.3, -0.25) is 14.5 Å². The molecule has 166 valence electrons. The van der Waals surface area contributed by atoms with Gasteiger partial charge < -0.3 is 9.47 Å². The van der Waals surface area contributed by atoms with Crippen molar-refractivity contribution in [3.8, 4) is 11.5 Å². The lowest BCUT2D eigenvalue weighted by molar-refractivity contribution is -0.123. The number of carbonyl (C=O) groups is 3. The van der Waals surface area contributed by atoms with Crippen molar-refractivity contribution in [3.63, 3.8) is 0 Å². The van der Waals surface area contributed by atoms with Crippen LogP contribution in [-0.4, -0.2) is 29.1 Å². The zero-order chi connectivity index (χ0) is 23.4. The Kier molecular flexibility index (Phi) is 6.82. The monoisotopic (exact) mass is 479 g/mol. The van der Waals surface area contributed by atoms with E-state index in [4.69, 9.17) is 21.1 Å². The zero-order valence-corrected chi connectivity index (χ0v) is 19.1. The molecule has 0 radical (unpaired) electrons. The van der Waals surface area contributed by atoms with E-state index in [1.807, 2.05) is 6.07 Å². The number of amides is 2. The maximum absolute atomic E-state index is 12.7. The highest BCUT2D eigenvalue weighted by molar-refractivity contribution is 8.18. The zero-order valence-electron chi connectivity index (χ0n) is 17.5. The summed E-state index contributed by atoms with van der Waals surface area (Å²) in [6, 6.07) is 20.3. The first kappa shape index (κ1) is 22.6. The van der Waals surface area contributed by atoms with E-state index in [0.29, 0.717) is 32.6 Å². The van der Waals surface area contributed by atoms with Crippen LogP contribution >= 0.6 is 23.4 Å². The van der Waals surface area contributed by atoms with Crippen molar-refractivity contribution < 1.29 is 23.9 Å². The largest absolute Gasteiger partial charge is 0.497 e. The minimum atomic E-state index is -0.493. The van der Waals surface area contributed by atoms with Crippen LogP contribution < -0.4 is 9.47 Å². The molecule has 0 N–H and O–H groups in total. The van der Waals surface area contributed by atoms with Gasteiger partial charge in [-0.15, -0.1) is 0 Å². The maximum Gasteiger partial charge on any atom is 0.343 e. The Morgan fingerprint density at radius 3 is 2.36 bits per heavy atom. The van der Waals surface area contributed by atoms with Gasteiger partial charge in [0.05, 0.1) is 24.1 Å². The Hall–Kier alpha value is -3.55. The summed E-state index contributed by atoms with van der Waals surface area (Å²) in [5.74, 6) is 0.155. The summed E-state index contributed by atoms with van der Waals surface area (Å²) in [5.41, 5.74) is 1.87. The van der Waals surface area contributed by atoms with Crippen LogP contribution in [0.5, 0.6) is 11.5 Å². The smallest absolute Gasteiger partial charge is 0.343 e. The summed E-state index contributed by atoms with van der Waals surface area (Å²) in [4.78, 5) is 38.9. The molecule has 1 saturated heterocycles. The number of nitrogens with zero attached hydrogens (tertiary/aromatic N) is 1. The standard InChI is InChI=1S/C25H18ClNO5S/c1-31-20-11-7-18(8-12-20)24(29)32-21-9-5-16(6-10-21)14-22-23(28)27(25(30)33-22)15-17-3-2-4-19(26)13-17/h2-14H,15H2,1H3/b22-14-. The molecule has 6 nitrogen and oxygen atoms in total. The van der Waals surface area contributed by atoms with Crippen LogP contribution in [0.4, 0.5) is 4.79 Å². The molecule has 1 aliphatic rings. The third kappa shape index (κ3) is 5.45. The van der Waals surface area contributed by atoms with Gasteiger partial charge in [-0.1, -0.05) is 35.9 Å². The lowest BCUT2D eigenvalue weighted by atomic mass is 10.2. The van der Waals surface area contributed by atoms with E-state index < -0.39 is 5.97 Å². The molecule has 33 heavy (non-hydrogen) atoms. The fourth-order valence-corrected chi connectivity index (χ4v) is 4.18. The van der Waals surface area contributed by atoms with Crippen LogP contribution in [0.15, 0.2) is 77.7 Å². The van der Waals surface area contributed by atoms with E-state index >= 15 is 0 Å². The number of halogens is 1. The number of hydrogen-bond donors (Lipinski definition) is 0. The Bertz CT molecular complexity index is 1240. The fraction of sp³-hybridized carbons (Fsp3) is 0.0800. The van der Waals surface area contributed by atoms with Gasteiger partial charge in [0.25, 0.3) is 11.1 Å². The fourth-order valence-electron chi connectivity index (χ4n) is 3.13. The Labute approximate surface area is 199 Å². The molecule has 2 amide bonds. The second-order valence-electron chi connectivity index (χ2n) is 7.08. The highest BCUT2D eigenvalue weighted by atomic mass is 35.5. The minimum absolute atomic E-state index is 0.156. The third-order valence-corrected chi connectivity index (χ3v) is 5.96. The van der Waals surface area contributed by atoms with Gasteiger partial charge in [-0.2, -0.15) is 0 Å². The summed E-state index contributed by atoms with van der Waals surface area (Å²) in [7, 11) is 1.55. The van der Waals surface area contributed by atoms with Crippen molar-refractivity contribution in [2.24, 2.45) is 0 Å². The lowest BCUT2D eigenvalue weighted by Crippen LogP contribution is -2.27. The highest BCUT2D eigenvalue weighted by Crippen LogP contribution is 2.33. The highest BCUT2D eigenvalue weighted by Gasteiger charge is 2.35. The van der Waals surface area contributed by atoms with Crippen LogP contribution in [0.25, 0.3) is 6.08 Å². The van der Waals surface area contributed by atoms with Crippen LogP contribution in [0.3, 0.4) is 0 Å². The molecule has 0 bridgehead atoms. The Morgan fingerprint density at radius 2 is 1.70 bits per heavy atom. The molecule has 3 aromatic rings. The van der Waals surface area contributed by atoms with Gasteiger partial charge in [0.2, 0.25) is 0 Å². The van der Waals surface area contributed by atoms with E-state index in [0.717, 1.165) is 17.3 Å². The number of ether oxygens (including phenoxy) is 2. The molecule has 0 unspecified atom stereocenters. The van der Waals surface area contributed by atoms with E-state index in [9.17, 15) is 14.4 Å². The summed E-state index contributed by atoms with van der Waals surface area (Å²) in [5, 5.41) is 0.207. The van der Waals surface area contributed by atoms with Crippen molar-refractivity contribution >= 4 is 46.6 Å². The first-order valence-corrected chi connectivity index (χ1v) is 11.1. The third-order valence-electron chi connectivity index (χ3n) is 4.82. The van der Waals surface area contributed by atoms with Crippen LogP contribution in [0.1, 0.15) is 21.5 Å². The second-order valence-corrected chi connectivity index (χ2v) is 8.51. The average molecular weight is 480 g/mol. The van der Waals surface area contributed by atoms with Gasteiger partial charge in [0.1, 0.15) is 11.5 Å². The Morgan fingerprint density at radius 1 is 1.00 bits per heavy atom. The Balaban J connectivity index is 1.42. The predicted molar refractivity (Wildman–Crippen MR) is 127 cm³/mol. The molecule has 1 fully saturated rings. The molecule has 0 aliphatic carbocycles. The van der Waals surface area contributed by atoms with Gasteiger partial charge in [0.15, 0.2) is 0 Å². The number of benzene rings is 3. The molecule has 4 rings (SSSR count). The second kappa shape index (κ2) is 9.94. The lowest BCUT2D eigenvalue weighted by Gasteiger charge is -2.12. The number of hydrogen-bond acceptors (Lipinski definition) is 6. The van der Waals surface area contributed by atoms with Crippen molar-refractivity contribution in [2.45, 2.75) is 6.54 Å². The van der Waals surface area contributed by atoms with Gasteiger partial charge >= 0.3 is 5.97 Å². The molecular weight excluding hydrogens is 462 g/mol. The van der Waals surface area contributed by atoms with Crippen LogP contribution in [-0.2, 0) is 11.3 Å². The van der Waals surface area contributed by atoms with Gasteiger partial charge in [-0.05, 0) is 77.5 Å². The average Bonchev–Trinajstić information content (AvgIpc) is 3.07. The van der Waals surface area contributed by atoms with Gasteiger partial charge in [-0.25, -0.2) is 4.79 Å². The van der Waals surface area contributed by atoms with Crippen molar-refractivity contribution in [3.05, 3.63) is 99.4 Å². The van der Waals surface area contributed by atoms with Gasteiger partial charge in [0, 0.05) is 5.02 Å². The van der Waals surface area contributed by atoms with Crippen LogP contribution in [0.2, 0.25) is 5.02 Å². The maximum atomic E-state index is 12.7. The van der Waals surface area contributed by atoms with Crippen molar-refractivity contribution in [1.29, 1.82) is 0 Å². The quantitative estimate of drug-likeness (QED) is 0.252. The molecular formula is C25H18ClNO5S. The van der Waals surface area contributed by atoms with Crippen molar-refractivity contribution in [2.75, 3.05) is 7.11 Å². The topological polar surface area (TPSA) is 72.9 Å². The van der Waals surface area contributed by atoms with Crippen molar-refractivity contribution in [1.82, 2.24) is 4.90 Å². The molecule has 0 atom stereocenters. The first-order valence-electron chi connectivity index (χ1n) is 9.89. The molecule has 0 spiro atoms. The summed E-state index contributed by atoms with van der Waals surface area (Å²) in [6.07, 6.45) is 1.64. The minimum Gasteiger partial charge on any atom is -0.497 e. The number of carbonyl (C=O) groups excluding carboxylic acids is 3. The normalized spacial score (nSPS) is 14.6. The van der Waals surface area contributed by atoms with E-state index in [-0.39, 0.29) is 17.7 Å². The number of thioether (sulfide) groups is 1. The molecule has 0 saturated carbocycles. The molecule has 1 heterocycles. The summed E-state index contributed by atoms with van der Waals surface area (Å²) in [6.45, 7) is 0.156. The number of rotatable bonds is 6. The number of imide groups is 1. The van der Waals surface area contributed by atoms with E-state index in [1.165, 1.54) is 4.90 Å². The molecule has 8 heteroatoms. The summed E-state index contributed by atoms with van der Waals surface area (Å²) < 4.78 is 10.5. The van der Waals surface area contributed by atoms with E-state index in [2.05, 4.69) is 0 Å². The predicted octanol–water partition coefficient (Wildman–Crippen LogP) is 5.80. The number of esters is 1. The SMILES string of the molecule is COc1ccc(C(=O)Oc2ccc(/C=C3\SC(=O)N(Cc4cccc(Cl)c4)C3=O)cc2)cc1. The first-order chi connectivity index (χ1) is 15.9.